The number of hydrogen-bond acceptors (Lipinski definition) is 4. The molecule has 0 saturated carbocycles. The minimum atomic E-state index is 0.0789. The molecule has 20 heavy (non-hydrogen) atoms. The van der Waals surface area contributed by atoms with Crippen molar-refractivity contribution in [2.24, 2.45) is 0 Å². The summed E-state index contributed by atoms with van der Waals surface area (Å²) in [5.41, 5.74) is 2.73. The van der Waals surface area contributed by atoms with Gasteiger partial charge in [0.05, 0.1) is 11.6 Å². The maximum Gasteiger partial charge on any atom is 0.243 e. The maximum absolute atomic E-state index is 5.89. The molecule has 0 aliphatic heterocycles. The number of halogens is 1. The van der Waals surface area contributed by atoms with Gasteiger partial charge in [-0.05, 0) is 36.8 Å². The van der Waals surface area contributed by atoms with Crippen molar-refractivity contribution in [1.29, 1.82) is 0 Å². The molecule has 0 amide bonds. The van der Waals surface area contributed by atoms with E-state index in [1.807, 2.05) is 55.5 Å². The van der Waals surface area contributed by atoms with Gasteiger partial charge in [0, 0.05) is 5.02 Å². The fraction of sp³-hybridized carbons (Fsp3) is 0.133. The Bertz CT molecular complexity index is 727. The number of nitrogens with zero attached hydrogens (tertiary/aromatic N) is 3. The van der Waals surface area contributed by atoms with Crippen LogP contribution in [0.4, 0.5) is 5.95 Å². The number of para-hydroxylation sites is 1. The van der Waals surface area contributed by atoms with E-state index in [-0.39, 0.29) is 6.04 Å². The van der Waals surface area contributed by atoms with Gasteiger partial charge in [-0.15, -0.1) is 10.2 Å². The molecular formula is C15H13ClN4. The highest BCUT2D eigenvalue weighted by molar-refractivity contribution is 6.30. The van der Waals surface area contributed by atoms with Crippen LogP contribution in [0.3, 0.4) is 0 Å². The number of nitrogens with one attached hydrogen (secondary N) is 1. The van der Waals surface area contributed by atoms with E-state index in [0.717, 1.165) is 21.6 Å². The zero-order chi connectivity index (χ0) is 13.9. The summed E-state index contributed by atoms with van der Waals surface area (Å²) < 4.78 is 0. The Kier molecular flexibility index (Phi) is 3.48. The molecule has 100 valence electrons. The second kappa shape index (κ2) is 5.43. The first-order valence-corrected chi connectivity index (χ1v) is 6.71. The zero-order valence-corrected chi connectivity index (χ0v) is 11.7. The van der Waals surface area contributed by atoms with Crippen molar-refractivity contribution in [3.05, 3.63) is 59.1 Å². The molecule has 0 aliphatic carbocycles. The Hall–Kier alpha value is -2.20. The number of rotatable bonds is 3. The van der Waals surface area contributed by atoms with Gasteiger partial charge in [-0.25, -0.2) is 4.98 Å². The molecule has 0 spiro atoms. The minimum absolute atomic E-state index is 0.0789. The number of hydrogen-bond donors (Lipinski definition) is 1. The molecule has 3 rings (SSSR count). The molecule has 0 fully saturated rings. The molecule has 0 aliphatic rings. The van der Waals surface area contributed by atoms with Gasteiger partial charge < -0.3 is 5.32 Å². The molecule has 1 heterocycles. The van der Waals surface area contributed by atoms with Crippen LogP contribution < -0.4 is 5.32 Å². The molecule has 5 heteroatoms. The van der Waals surface area contributed by atoms with Crippen LogP contribution in [0.2, 0.25) is 5.02 Å². The molecule has 3 aromatic rings. The van der Waals surface area contributed by atoms with Crippen molar-refractivity contribution < 1.29 is 0 Å². The Balaban J connectivity index is 1.83. The molecule has 0 bridgehead atoms. The lowest BCUT2D eigenvalue weighted by Gasteiger charge is -2.14. The Morgan fingerprint density at radius 2 is 1.65 bits per heavy atom. The van der Waals surface area contributed by atoms with Crippen LogP contribution in [0, 0.1) is 0 Å². The summed E-state index contributed by atoms with van der Waals surface area (Å²) in [6, 6.07) is 15.4. The third-order valence-corrected chi connectivity index (χ3v) is 3.33. The molecule has 0 saturated heterocycles. The molecule has 0 radical (unpaired) electrons. The van der Waals surface area contributed by atoms with E-state index >= 15 is 0 Å². The number of aromatic nitrogens is 3. The number of fused-ring (bicyclic) bond motifs is 1. The van der Waals surface area contributed by atoms with E-state index < -0.39 is 0 Å². The fourth-order valence-electron chi connectivity index (χ4n) is 1.97. The number of benzene rings is 2. The topological polar surface area (TPSA) is 50.7 Å². The predicted molar refractivity (Wildman–Crippen MR) is 80.8 cm³/mol. The van der Waals surface area contributed by atoms with E-state index in [1.165, 1.54) is 0 Å². The molecular weight excluding hydrogens is 272 g/mol. The van der Waals surface area contributed by atoms with Crippen LogP contribution in [0.15, 0.2) is 48.5 Å². The van der Waals surface area contributed by atoms with Crippen molar-refractivity contribution in [3.63, 3.8) is 0 Å². The molecule has 1 unspecified atom stereocenters. The largest absolute Gasteiger partial charge is 0.346 e. The van der Waals surface area contributed by atoms with Crippen molar-refractivity contribution in [3.8, 4) is 0 Å². The van der Waals surface area contributed by atoms with Crippen molar-refractivity contribution in [1.82, 2.24) is 15.2 Å². The molecule has 1 N–H and O–H groups in total. The Morgan fingerprint density at radius 1 is 0.950 bits per heavy atom. The van der Waals surface area contributed by atoms with E-state index in [4.69, 9.17) is 11.6 Å². The first kappa shape index (κ1) is 12.8. The third kappa shape index (κ3) is 2.70. The number of anilines is 1. The van der Waals surface area contributed by atoms with Crippen LogP contribution in [0.5, 0.6) is 0 Å². The van der Waals surface area contributed by atoms with Crippen molar-refractivity contribution in [2.45, 2.75) is 13.0 Å². The summed E-state index contributed by atoms with van der Waals surface area (Å²) in [6.07, 6.45) is 0. The molecule has 1 atom stereocenters. The van der Waals surface area contributed by atoms with Gasteiger partial charge in [0.1, 0.15) is 5.52 Å². The fourth-order valence-corrected chi connectivity index (χ4v) is 2.10. The van der Waals surface area contributed by atoms with Crippen LogP contribution in [-0.2, 0) is 0 Å². The van der Waals surface area contributed by atoms with Crippen LogP contribution in [0.25, 0.3) is 11.0 Å². The van der Waals surface area contributed by atoms with Crippen LogP contribution in [-0.4, -0.2) is 15.2 Å². The van der Waals surface area contributed by atoms with Gasteiger partial charge in [0.25, 0.3) is 0 Å². The quantitative estimate of drug-likeness (QED) is 0.794. The summed E-state index contributed by atoms with van der Waals surface area (Å²) in [5.74, 6) is 0.520. The van der Waals surface area contributed by atoms with Crippen LogP contribution >= 0.6 is 11.6 Å². The third-order valence-electron chi connectivity index (χ3n) is 3.08. The van der Waals surface area contributed by atoms with Gasteiger partial charge in [-0.1, -0.05) is 35.9 Å². The average Bonchev–Trinajstić information content (AvgIpc) is 2.48. The monoisotopic (exact) mass is 284 g/mol. The summed E-state index contributed by atoms with van der Waals surface area (Å²) in [4.78, 5) is 4.45. The van der Waals surface area contributed by atoms with Crippen LogP contribution in [0.1, 0.15) is 18.5 Å². The highest BCUT2D eigenvalue weighted by atomic mass is 35.5. The standard InChI is InChI=1S/C15H13ClN4/c1-10(11-6-8-12(16)9-7-11)17-15-18-13-4-2-3-5-14(13)19-20-15/h2-10H,1H3,(H,17,18,20). The predicted octanol–water partition coefficient (Wildman–Crippen LogP) is 3.85. The lowest BCUT2D eigenvalue weighted by atomic mass is 10.1. The van der Waals surface area contributed by atoms with E-state index in [0.29, 0.717) is 5.95 Å². The summed E-state index contributed by atoms with van der Waals surface area (Å²) in [5, 5.41) is 12.2. The van der Waals surface area contributed by atoms with Gasteiger partial charge in [0.2, 0.25) is 5.95 Å². The average molecular weight is 285 g/mol. The lowest BCUT2D eigenvalue weighted by molar-refractivity contribution is 0.849. The second-order valence-corrected chi connectivity index (χ2v) is 4.98. The summed E-state index contributed by atoms with van der Waals surface area (Å²) >= 11 is 5.89. The van der Waals surface area contributed by atoms with Gasteiger partial charge in [0.15, 0.2) is 0 Å². The SMILES string of the molecule is CC(Nc1nnc2ccccc2n1)c1ccc(Cl)cc1. The Morgan fingerprint density at radius 3 is 2.40 bits per heavy atom. The first-order valence-electron chi connectivity index (χ1n) is 6.34. The molecule has 1 aromatic heterocycles. The van der Waals surface area contributed by atoms with Gasteiger partial charge in [-0.3, -0.25) is 0 Å². The van der Waals surface area contributed by atoms with Crippen molar-refractivity contribution >= 4 is 28.6 Å². The maximum atomic E-state index is 5.89. The zero-order valence-electron chi connectivity index (χ0n) is 10.9. The highest BCUT2D eigenvalue weighted by Crippen LogP contribution is 2.19. The van der Waals surface area contributed by atoms with Gasteiger partial charge in [-0.2, -0.15) is 0 Å². The summed E-state index contributed by atoms with van der Waals surface area (Å²) in [7, 11) is 0. The normalized spacial score (nSPS) is 12.3. The minimum Gasteiger partial charge on any atom is -0.346 e. The second-order valence-electron chi connectivity index (χ2n) is 4.54. The van der Waals surface area contributed by atoms with Crippen molar-refractivity contribution in [2.75, 3.05) is 5.32 Å². The lowest BCUT2D eigenvalue weighted by Crippen LogP contribution is -2.10. The molecule has 4 nitrogen and oxygen atoms in total. The van der Waals surface area contributed by atoms with E-state index in [2.05, 4.69) is 20.5 Å². The first-order chi connectivity index (χ1) is 9.72. The van der Waals surface area contributed by atoms with E-state index in [1.54, 1.807) is 0 Å². The highest BCUT2D eigenvalue weighted by Gasteiger charge is 2.08. The van der Waals surface area contributed by atoms with Gasteiger partial charge >= 0.3 is 0 Å². The Labute approximate surface area is 121 Å². The molecule has 2 aromatic carbocycles. The smallest absolute Gasteiger partial charge is 0.243 e. The van der Waals surface area contributed by atoms with E-state index in [9.17, 15) is 0 Å². The summed E-state index contributed by atoms with van der Waals surface area (Å²) in [6.45, 7) is 2.04.